The summed E-state index contributed by atoms with van der Waals surface area (Å²) in [7, 11) is 0. The molecule has 0 saturated carbocycles. The SMILES string of the molecule is O=CN[C@@H](Cc1csc2ccccc12)NC(=O)[C@@H](Cc1c[nH]c2ccccc12)NC(=O)C1CCNCC1. The monoisotopic (exact) mass is 517 g/mol. The molecule has 3 amide bonds. The molecule has 1 aliphatic heterocycles. The van der Waals surface area contributed by atoms with E-state index in [-0.39, 0.29) is 17.7 Å². The van der Waals surface area contributed by atoms with Crippen molar-refractivity contribution in [2.75, 3.05) is 13.1 Å². The molecule has 8 nitrogen and oxygen atoms in total. The number of hydrogen-bond acceptors (Lipinski definition) is 5. The van der Waals surface area contributed by atoms with Crippen LogP contribution in [-0.2, 0) is 27.2 Å². The first-order valence-corrected chi connectivity index (χ1v) is 13.5. The fourth-order valence-corrected chi connectivity index (χ4v) is 6.00. The van der Waals surface area contributed by atoms with E-state index in [1.54, 1.807) is 11.3 Å². The molecule has 1 fully saturated rings. The third-order valence-corrected chi connectivity index (χ3v) is 8.03. The van der Waals surface area contributed by atoms with Gasteiger partial charge in [-0.15, -0.1) is 11.3 Å². The number of hydrogen-bond donors (Lipinski definition) is 5. The quantitative estimate of drug-likeness (QED) is 0.164. The Morgan fingerprint density at radius 1 is 0.973 bits per heavy atom. The predicted molar refractivity (Wildman–Crippen MR) is 146 cm³/mol. The van der Waals surface area contributed by atoms with E-state index in [9.17, 15) is 14.4 Å². The number of fused-ring (bicyclic) bond motifs is 2. The second kappa shape index (κ2) is 11.6. The molecule has 3 heterocycles. The van der Waals surface area contributed by atoms with Gasteiger partial charge in [-0.3, -0.25) is 14.4 Å². The van der Waals surface area contributed by atoms with Gasteiger partial charge in [0.1, 0.15) is 12.2 Å². The van der Waals surface area contributed by atoms with Crippen LogP contribution < -0.4 is 21.3 Å². The van der Waals surface area contributed by atoms with Crippen molar-refractivity contribution in [1.82, 2.24) is 26.3 Å². The number of amides is 3. The molecule has 5 rings (SSSR count). The summed E-state index contributed by atoms with van der Waals surface area (Å²) in [6.45, 7) is 1.58. The van der Waals surface area contributed by atoms with Gasteiger partial charge in [0.15, 0.2) is 0 Å². The molecule has 0 spiro atoms. The molecule has 5 N–H and O–H groups in total. The van der Waals surface area contributed by atoms with Gasteiger partial charge in [0.25, 0.3) is 0 Å². The Bertz CT molecular complexity index is 1390. The molecule has 0 aliphatic carbocycles. The largest absolute Gasteiger partial charge is 0.361 e. The minimum Gasteiger partial charge on any atom is -0.361 e. The molecule has 0 radical (unpaired) electrons. The van der Waals surface area contributed by atoms with Gasteiger partial charge in [-0.05, 0) is 60.0 Å². The zero-order valence-corrected chi connectivity index (χ0v) is 21.3. The number of benzene rings is 2. The highest BCUT2D eigenvalue weighted by Crippen LogP contribution is 2.26. The van der Waals surface area contributed by atoms with Crippen molar-refractivity contribution in [2.45, 2.75) is 37.9 Å². The number of para-hydroxylation sites is 1. The third kappa shape index (κ3) is 5.84. The molecule has 2 atom stereocenters. The first kappa shape index (κ1) is 25.0. The lowest BCUT2D eigenvalue weighted by Gasteiger charge is -2.26. The highest BCUT2D eigenvalue weighted by atomic mass is 32.1. The van der Waals surface area contributed by atoms with Crippen molar-refractivity contribution in [3.63, 3.8) is 0 Å². The topological polar surface area (TPSA) is 115 Å². The van der Waals surface area contributed by atoms with Crippen LogP contribution in [0.2, 0.25) is 0 Å². The Kier molecular flexibility index (Phi) is 7.82. The fraction of sp³-hybridized carbons (Fsp3) is 0.321. The van der Waals surface area contributed by atoms with Crippen molar-refractivity contribution in [2.24, 2.45) is 5.92 Å². The van der Waals surface area contributed by atoms with Gasteiger partial charge >= 0.3 is 0 Å². The van der Waals surface area contributed by atoms with Gasteiger partial charge in [0.05, 0.1) is 0 Å². The molecule has 0 bridgehead atoms. The van der Waals surface area contributed by atoms with E-state index in [1.807, 2.05) is 48.7 Å². The van der Waals surface area contributed by atoms with Crippen LogP contribution in [0.25, 0.3) is 21.0 Å². The van der Waals surface area contributed by atoms with Crippen LogP contribution in [0.3, 0.4) is 0 Å². The summed E-state index contributed by atoms with van der Waals surface area (Å²) >= 11 is 1.63. The molecule has 1 aliphatic rings. The first-order valence-electron chi connectivity index (χ1n) is 12.6. The van der Waals surface area contributed by atoms with Crippen LogP contribution in [0.4, 0.5) is 0 Å². The summed E-state index contributed by atoms with van der Waals surface area (Å²) < 4.78 is 1.15. The number of piperidine rings is 1. The Morgan fingerprint density at radius 3 is 2.54 bits per heavy atom. The number of thiophene rings is 1. The molecule has 2 aromatic heterocycles. The molecule has 1 saturated heterocycles. The summed E-state index contributed by atoms with van der Waals surface area (Å²) in [5, 5.41) is 16.2. The van der Waals surface area contributed by atoms with Gasteiger partial charge in [-0.25, -0.2) is 0 Å². The van der Waals surface area contributed by atoms with Gasteiger partial charge in [0.2, 0.25) is 18.2 Å². The highest BCUT2D eigenvalue weighted by molar-refractivity contribution is 7.17. The lowest BCUT2D eigenvalue weighted by atomic mass is 9.96. The molecule has 37 heavy (non-hydrogen) atoms. The number of carbonyl (C=O) groups is 3. The van der Waals surface area contributed by atoms with Crippen LogP contribution in [0.5, 0.6) is 0 Å². The molecular weight excluding hydrogens is 486 g/mol. The summed E-state index contributed by atoms with van der Waals surface area (Å²) in [5.74, 6) is -0.558. The lowest BCUT2D eigenvalue weighted by molar-refractivity contribution is -0.132. The minimum absolute atomic E-state index is 0.106. The van der Waals surface area contributed by atoms with E-state index in [0.29, 0.717) is 19.3 Å². The number of carbonyl (C=O) groups excluding carboxylic acids is 3. The maximum Gasteiger partial charge on any atom is 0.244 e. The Labute approximate surface area is 219 Å². The van der Waals surface area contributed by atoms with E-state index in [0.717, 1.165) is 58.0 Å². The summed E-state index contributed by atoms with van der Waals surface area (Å²) in [6.07, 6.45) is 4.14. The lowest BCUT2D eigenvalue weighted by Crippen LogP contribution is -2.55. The summed E-state index contributed by atoms with van der Waals surface area (Å²) in [4.78, 5) is 41.4. The van der Waals surface area contributed by atoms with Gasteiger partial charge < -0.3 is 26.3 Å². The fourth-order valence-electron chi connectivity index (χ4n) is 5.02. The molecule has 2 aromatic carbocycles. The van der Waals surface area contributed by atoms with Crippen LogP contribution in [-0.4, -0.2) is 48.5 Å². The summed E-state index contributed by atoms with van der Waals surface area (Å²) in [5.41, 5.74) is 2.98. The Morgan fingerprint density at radius 2 is 1.73 bits per heavy atom. The zero-order valence-electron chi connectivity index (χ0n) is 20.5. The van der Waals surface area contributed by atoms with Crippen LogP contribution in [0.15, 0.2) is 60.1 Å². The molecule has 0 unspecified atom stereocenters. The maximum absolute atomic E-state index is 13.6. The van der Waals surface area contributed by atoms with Gasteiger partial charge in [-0.2, -0.15) is 0 Å². The molecule has 9 heteroatoms. The Balaban J connectivity index is 1.35. The van der Waals surface area contributed by atoms with Gasteiger partial charge in [-0.1, -0.05) is 36.4 Å². The molecule has 4 aromatic rings. The number of nitrogens with one attached hydrogen (secondary N) is 5. The third-order valence-electron chi connectivity index (χ3n) is 7.01. The number of rotatable bonds is 10. The average Bonchev–Trinajstić information content (AvgIpc) is 3.53. The zero-order chi connectivity index (χ0) is 25.6. The number of H-pyrrole nitrogens is 1. The van der Waals surface area contributed by atoms with Crippen molar-refractivity contribution < 1.29 is 14.4 Å². The van der Waals surface area contributed by atoms with Crippen molar-refractivity contribution in [3.8, 4) is 0 Å². The number of aromatic amines is 1. The highest BCUT2D eigenvalue weighted by Gasteiger charge is 2.29. The maximum atomic E-state index is 13.6. The van der Waals surface area contributed by atoms with E-state index >= 15 is 0 Å². The smallest absolute Gasteiger partial charge is 0.244 e. The second-order valence-corrected chi connectivity index (χ2v) is 10.4. The van der Waals surface area contributed by atoms with Gasteiger partial charge in [0, 0.05) is 40.6 Å². The van der Waals surface area contributed by atoms with E-state index in [2.05, 4.69) is 37.7 Å². The first-order chi connectivity index (χ1) is 18.1. The van der Waals surface area contributed by atoms with Crippen molar-refractivity contribution in [3.05, 3.63) is 71.2 Å². The van der Waals surface area contributed by atoms with Crippen LogP contribution in [0.1, 0.15) is 24.0 Å². The second-order valence-electron chi connectivity index (χ2n) is 9.46. The van der Waals surface area contributed by atoms with Crippen molar-refractivity contribution in [1.29, 1.82) is 0 Å². The van der Waals surface area contributed by atoms with E-state index in [4.69, 9.17) is 0 Å². The normalized spacial score (nSPS) is 15.8. The minimum atomic E-state index is -0.781. The molecule has 192 valence electrons. The summed E-state index contributed by atoms with van der Waals surface area (Å²) in [6, 6.07) is 15.2. The van der Waals surface area contributed by atoms with Crippen molar-refractivity contribution >= 4 is 50.6 Å². The van der Waals surface area contributed by atoms with E-state index in [1.165, 1.54) is 0 Å². The predicted octanol–water partition coefficient (Wildman–Crippen LogP) is 2.84. The van der Waals surface area contributed by atoms with Crippen LogP contribution in [0, 0.1) is 5.92 Å². The molecular formula is C28H31N5O3S. The standard InChI is InChI=1S/C28H31N5O3S/c34-17-31-26(14-20-16-37-25-8-4-2-6-22(20)25)33-28(36)24(32-27(35)18-9-11-29-12-10-18)13-19-15-30-23-7-3-1-5-21(19)23/h1-8,15-18,24,26,29-30H,9-14H2,(H,31,34)(H,32,35)(H,33,36)/t24-,26-/m1/s1. The average molecular weight is 518 g/mol. The van der Waals surface area contributed by atoms with E-state index < -0.39 is 12.2 Å². The van der Waals surface area contributed by atoms with Crippen LogP contribution >= 0.6 is 11.3 Å². The Hall–Kier alpha value is -3.69. The number of aromatic nitrogens is 1.